The Bertz CT molecular complexity index is 774. The van der Waals surface area contributed by atoms with Gasteiger partial charge in [-0.1, -0.05) is 0 Å². The van der Waals surface area contributed by atoms with E-state index < -0.39 is 22.5 Å². The van der Waals surface area contributed by atoms with Gasteiger partial charge in [-0.15, -0.1) is 5.10 Å². The van der Waals surface area contributed by atoms with E-state index in [0.717, 1.165) is 4.68 Å². The smallest absolute Gasteiger partial charge is 0.326 e. The highest BCUT2D eigenvalue weighted by molar-refractivity contribution is 7.13. The molecule has 1 aromatic heterocycles. The zero-order chi connectivity index (χ0) is 17.0. The number of aromatic nitrogens is 2. The summed E-state index contributed by atoms with van der Waals surface area (Å²) in [5.74, 6) is -1.54. The van der Waals surface area contributed by atoms with E-state index in [1.54, 1.807) is 0 Å². The summed E-state index contributed by atoms with van der Waals surface area (Å²) < 4.78 is 14.0. The van der Waals surface area contributed by atoms with Crippen molar-refractivity contribution in [1.82, 2.24) is 9.78 Å². The third-order valence-electron chi connectivity index (χ3n) is 2.89. The predicted molar refractivity (Wildman–Crippen MR) is 83.9 cm³/mol. The van der Waals surface area contributed by atoms with Gasteiger partial charge in [0.15, 0.2) is 0 Å². The summed E-state index contributed by atoms with van der Waals surface area (Å²) in [6, 6.07) is 5.16. The molecule has 2 rings (SSSR count). The zero-order valence-corrected chi connectivity index (χ0v) is 13.3. The number of nitrogens with two attached hydrogens (primary N) is 1. The fraction of sp³-hybridized carbons (Fsp3) is 0.231. The third kappa shape index (κ3) is 4.60. The van der Waals surface area contributed by atoms with Crippen LogP contribution in [0.3, 0.4) is 0 Å². The molecule has 0 spiro atoms. The first-order valence-electron chi connectivity index (χ1n) is 6.44. The molecule has 2 N–H and O–H groups in total. The Balaban J connectivity index is 2.23. The lowest BCUT2D eigenvalue weighted by atomic mass is 10.2. The number of amides is 2. The van der Waals surface area contributed by atoms with Crippen molar-refractivity contribution >= 4 is 40.4 Å². The van der Waals surface area contributed by atoms with Gasteiger partial charge in [-0.3, -0.25) is 14.4 Å². The Morgan fingerprint density at radius 1 is 1.35 bits per heavy atom. The fourth-order valence-electron chi connectivity index (χ4n) is 1.84. The van der Waals surface area contributed by atoms with E-state index in [2.05, 4.69) is 5.10 Å². The van der Waals surface area contributed by atoms with Crippen molar-refractivity contribution in [3.8, 4) is 0 Å². The number of hydrogen-bond acceptors (Lipinski definition) is 5. The van der Waals surface area contributed by atoms with Crippen LogP contribution < -0.4 is 15.5 Å². The molecule has 0 saturated heterocycles. The van der Waals surface area contributed by atoms with Crippen LogP contribution in [0.15, 0.2) is 29.1 Å². The highest BCUT2D eigenvalue weighted by Crippen LogP contribution is 2.16. The molecule has 7 nitrogen and oxygen atoms in total. The Kier molecular flexibility index (Phi) is 5.45. The molecule has 0 saturated carbocycles. The lowest BCUT2D eigenvalue weighted by Crippen LogP contribution is -2.38. The first-order chi connectivity index (χ1) is 10.9. The Hall–Kier alpha value is -2.26. The Morgan fingerprint density at radius 2 is 2.00 bits per heavy atom. The molecule has 0 fully saturated rings. The number of carbonyl (C=O) groups excluding carboxylic acids is 2. The number of primary amides is 1. The molecule has 0 atom stereocenters. The van der Waals surface area contributed by atoms with E-state index in [1.807, 2.05) is 0 Å². The first kappa shape index (κ1) is 17.1. The largest absolute Gasteiger partial charge is 0.370 e. The summed E-state index contributed by atoms with van der Waals surface area (Å²) >= 11 is 6.33. The van der Waals surface area contributed by atoms with Crippen molar-refractivity contribution in [2.24, 2.45) is 5.73 Å². The summed E-state index contributed by atoms with van der Waals surface area (Å²) in [4.78, 5) is 35.7. The van der Waals surface area contributed by atoms with Crippen molar-refractivity contribution in [2.75, 3.05) is 11.4 Å². The van der Waals surface area contributed by atoms with Gasteiger partial charge in [-0.05, 0) is 47.2 Å². The summed E-state index contributed by atoms with van der Waals surface area (Å²) in [5, 5.41) is 3.72. The molecule has 0 unspecified atom stereocenters. The molecule has 2 amide bonds. The second-order valence-electron chi connectivity index (χ2n) is 4.52. The minimum Gasteiger partial charge on any atom is -0.370 e. The number of carbonyl (C=O) groups is 2. The molecule has 122 valence electrons. The first-order valence-corrected chi connectivity index (χ1v) is 7.64. The quantitative estimate of drug-likeness (QED) is 0.833. The van der Waals surface area contributed by atoms with Gasteiger partial charge in [-0.2, -0.15) is 0 Å². The average Bonchev–Trinajstić information content (AvgIpc) is 2.78. The molecule has 10 heteroatoms. The molecule has 1 heterocycles. The Morgan fingerprint density at radius 3 is 2.52 bits per heavy atom. The Labute approximate surface area is 139 Å². The summed E-state index contributed by atoms with van der Waals surface area (Å²) in [7, 11) is 0. The number of benzene rings is 1. The molecule has 2 aromatic rings. The number of rotatable bonds is 6. The van der Waals surface area contributed by atoms with Crippen LogP contribution in [0.5, 0.6) is 0 Å². The standard InChI is InChI=1S/C13H12ClFN4O3S/c14-12-17-19(13(22)23-12)7-11(21)18(6-5-10(16)20)9-3-1-8(15)2-4-9/h1-4H,5-7H2,(H2,16,20). The van der Waals surface area contributed by atoms with Gasteiger partial charge in [0, 0.05) is 18.7 Å². The minimum atomic E-state index is -0.584. The lowest BCUT2D eigenvalue weighted by Gasteiger charge is -2.22. The summed E-state index contributed by atoms with van der Waals surface area (Å²) in [6.45, 7) is -0.343. The van der Waals surface area contributed by atoms with E-state index in [4.69, 9.17) is 17.3 Å². The molecule has 23 heavy (non-hydrogen) atoms. The van der Waals surface area contributed by atoms with Crippen molar-refractivity contribution in [2.45, 2.75) is 13.0 Å². The molecule has 0 radical (unpaired) electrons. The van der Waals surface area contributed by atoms with Crippen LogP contribution in [0.4, 0.5) is 10.1 Å². The third-order valence-corrected chi connectivity index (χ3v) is 3.83. The van der Waals surface area contributed by atoms with E-state index in [1.165, 1.54) is 29.2 Å². The molecule has 0 bridgehead atoms. The normalized spacial score (nSPS) is 10.5. The van der Waals surface area contributed by atoms with Crippen LogP contribution >= 0.6 is 22.9 Å². The molecule has 0 aliphatic heterocycles. The monoisotopic (exact) mass is 358 g/mol. The maximum absolute atomic E-state index is 13.0. The van der Waals surface area contributed by atoms with Gasteiger partial charge in [0.1, 0.15) is 12.4 Å². The zero-order valence-electron chi connectivity index (χ0n) is 11.7. The van der Waals surface area contributed by atoms with Gasteiger partial charge < -0.3 is 10.6 Å². The molecular weight excluding hydrogens is 347 g/mol. The molecule has 0 aliphatic carbocycles. The molecular formula is C13H12ClFN4O3S. The maximum atomic E-state index is 13.0. The van der Waals surface area contributed by atoms with Gasteiger partial charge >= 0.3 is 4.87 Å². The summed E-state index contributed by atoms with van der Waals surface area (Å²) in [6.07, 6.45) is -0.0736. The van der Waals surface area contributed by atoms with Gasteiger partial charge in [0.05, 0.1) is 0 Å². The van der Waals surface area contributed by atoms with E-state index in [9.17, 15) is 18.8 Å². The maximum Gasteiger partial charge on any atom is 0.326 e. The summed E-state index contributed by atoms with van der Waals surface area (Å²) in [5.41, 5.74) is 5.48. The fourth-order valence-corrected chi connectivity index (χ4v) is 2.62. The van der Waals surface area contributed by atoms with Crippen molar-refractivity contribution < 1.29 is 14.0 Å². The average molecular weight is 359 g/mol. The number of anilines is 1. The number of halogens is 2. The van der Waals surface area contributed by atoms with Crippen LogP contribution in [0.1, 0.15) is 6.42 Å². The van der Waals surface area contributed by atoms with Crippen molar-refractivity contribution in [3.05, 3.63) is 44.2 Å². The van der Waals surface area contributed by atoms with Gasteiger partial charge in [-0.25, -0.2) is 9.07 Å². The van der Waals surface area contributed by atoms with E-state index >= 15 is 0 Å². The highest BCUT2D eigenvalue weighted by atomic mass is 35.5. The second-order valence-corrected chi connectivity index (χ2v) is 6.04. The second kappa shape index (κ2) is 7.34. The SMILES string of the molecule is NC(=O)CCN(C(=O)Cn1nc(Cl)sc1=O)c1ccc(F)cc1. The van der Waals surface area contributed by atoms with Crippen LogP contribution in [-0.2, 0) is 16.1 Å². The van der Waals surface area contributed by atoms with Gasteiger partial charge in [0.25, 0.3) is 0 Å². The minimum absolute atomic E-state index is 0.00637. The predicted octanol–water partition coefficient (Wildman–Crippen LogP) is 1.01. The molecule has 1 aromatic carbocycles. The number of nitrogens with zero attached hydrogens (tertiary/aromatic N) is 3. The topological polar surface area (TPSA) is 98.3 Å². The van der Waals surface area contributed by atoms with Crippen LogP contribution in [0, 0.1) is 5.82 Å². The van der Waals surface area contributed by atoms with Crippen molar-refractivity contribution in [3.63, 3.8) is 0 Å². The van der Waals surface area contributed by atoms with Crippen LogP contribution in [0.25, 0.3) is 0 Å². The van der Waals surface area contributed by atoms with Crippen LogP contribution in [0.2, 0.25) is 4.47 Å². The molecule has 0 aliphatic rings. The van der Waals surface area contributed by atoms with Gasteiger partial charge in [0.2, 0.25) is 16.3 Å². The van der Waals surface area contributed by atoms with E-state index in [0.29, 0.717) is 17.0 Å². The highest BCUT2D eigenvalue weighted by Gasteiger charge is 2.19. The van der Waals surface area contributed by atoms with E-state index in [-0.39, 0.29) is 24.0 Å². The van der Waals surface area contributed by atoms with Crippen molar-refractivity contribution in [1.29, 1.82) is 0 Å². The lowest BCUT2D eigenvalue weighted by molar-refractivity contribution is -0.119. The number of hydrogen-bond donors (Lipinski definition) is 1. The van der Waals surface area contributed by atoms with Crippen LogP contribution in [-0.4, -0.2) is 28.1 Å².